The van der Waals surface area contributed by atoms with Gasteiger partial charge < -0.3 is 4.74 Å². The molecule has 0 N–H and O–H groups in total. The van der Waals surface area contributed by atoms with Gasteiger partial charge in [-0.15, -0.1) is 0 Å². The molecule has 5 aliphatic carbocycles. The fourth-order valence-electron chi connectivity index (χ4n) is 6.82. The molecule has 34 heavy (non-hydrogen) atoms. The maximum absolute atomic E-state index is 13.3. The minimum absolute atomic E-state index is 0.0501. The van der Waals surface area contributed by atoms with E-state index in [0.29, 0.717) is 34.0 Å². The number of Topliss-reactive ketones (excluding diaryl/α,β-unsaturated/α-hetero) is 1. The number of ketones is 1. The number of ether oxygens (including phenoxy) is 1. The highest BCUT2D eigenvalue weighted by Crippen LogP contribution is 2.65. The number of nitrogens with zero attached hydrogens (tertiary/aromatic N) is 2. The molecule has 172 valence electrons. The van der Waals surface area contributed by atoms with Crippen LogP contribution in [0.25, 0.3) is 0 Å². The second kappa shape index (κ2) is 7.01. The molecule has 6 aliphatic rings. The summed E-state index contributed by atoms with van der Waals surface area (Å²) in [5, 5.41) is 0.415. The van der Waals surface area contributed by atoms with Gasteiger partial charge in [0.1, 0.15) is 11.6 Å². The molecule has 2 bridgehead atoms. The van der Waals surface area contributed by atoms with Crippen LogP contribution in [0.4, 0.5) is 5.82 Å². The molecule has 0 radical (unpaired) electrons. The first-order valence-corrected chi connectivity index (χ1v) is 12.3. The molecule has 3 saturated carbocycles. The standard InChI is InChI=1S/C27H23ClN2O4/c1-34-21-6-2-12(8-20(21)28)25(31)19-9-16(19)13-3-7-22(29-11-13)30-26(32)23-14-4-5-15(18-10-17(14)18)24(23)27(30)33/h2-8,11,14-19,23-24H,9-10H2,1H3. The Morgan fingerprint density at radius 1 is 1.03 bits per heavy atom. The molecule has 1 aromatic heterocycles. The SMILES string of the molecule is COc1ccc(C(=O)C2CC2c2ccc(N3C(=O)C4C5C=CC(C6CC56)C4C3=O)nc2)cc1Cl. The highest BCUT2D eigenvalue weighted by Gasteiger charge is 2.67. The molecule has 2 aromatic rings. The Kier molecular flexibility index (Phi) is 4.21. The number of anilines is 1. The number of aromatic nitrogens is 1. The molecule has 2 amide bonds. The number of methoxy groups -OCH3 is 1. The molecule has 1 aliphatic heterocycles. The zero-order chi connectivity index (χ0) is 23.3. The van der Waals surface area contributed by atoms with Gasteiger partial charge in [0.25, 0.3) is 0 Å². The number of carbonyl (C=O) groups is 3. The molecule has 2 heterocycles. The summed E-state index contributed by atoms with van der Waals surface area (Å²) in [6, 6.07) is 8.74. The third-order valence-electron chi connectivity index (χ3n) is 8.65. The van der Waals surface area contributed by atoms with E-state index in [1.807, 2.05) is 6.07 Å². The van der Waals surface area contributed by atoms with Crippen LogP contribution in [-0.2, 0) is 9.59 Å². The van der Waals surface area contributed by atoms with Crippen LogP contribution < -0.4 is 9.64 Å². The smallest absolute Gasteiger partial charge is 0.239 e. The van der Waals surface area contributed by atoms with Crippen LogP contribution in [0.3, 0.4) is 0 Å². The van der Waals surface area contributed by atoms with Crippen molar-refractivity contribution >= 4 is 35.0 Å². The maximum Gasteiger partial charge on any atom is 0.239 e. The van der Waals surface area contributed by atoms with Crippen LogP contribution in [0.15, 0.2) is 48.7 Å². The van der Waals surface area contributed by atoms with Crippen LogP contribution in [0, 0.1) is 41.4 Å². The van der Waals surface area contributed by atoms with Gasteiger partial charge in [0.05, 0.1) is 24.0 Å². The fourth-order valence-corrected chi connectivity index (χ4v) is 7.08. The number of imide groups is 1. The monoisotopic (exact) mass is 474 g/mol. The summed E-state index contributed by atoms with van der Waals surface area (Å²) in [6.07, 6.45) is 7.94. The van der Waals surface area contributed by atoms with Crippen molar-refractivity contribution in [3.8, 4) is 5.75 Å². The van der Waals surface area contributed by atoms with Crippen molar-refractivity contribution in [2.75, 3.05) is 12.0 Å². The topological polar surface area (TPSA) is 76.6 Å². The van der Waals surface area contributed by atoms with Gasteiger partial charge >= 0.3 is 0 Å². The number of hydrogen-bond acceptors (Lipinski definition) is 5. The van der Waals surface area contributed by atoms with E-state index in [1.165, 1.54) is 12.0 Å². The van der Waals surface area contributed by atoms with E-state index < -0.39 is 0 Å². The van der Waals surface area contributed by atoms with Gasteiger partial charge in [0, 0.05) is 17.7 Å². The van der Waals surface area contributed by atoms with Crippen molar-refractivity contribution in [3.63, 3.8) is 0 Å². The third-order valence-corrected chi connectivity index (χ3v) is 8.95. The number of amides is 2. The molecule has 8 rings (SSSR count). The van der Waals surface area contributed by atoms with Crippen molar-refractivity contribution in [3.05, 3.63) is 64.8 Å². The van der Waals surface area contributed by atoms with Crippen LogP contribution in [0.1, 0.15) is 34.7 Å². The summed E-state index contributed by atoms with van der Waals surface area (Å²) in [5.41, 5.74) is 1.52. The van der Waals surface area contributed by atoms with E-state index >= 15 is 0 Å². The predicted octanol–water partition coefficient (Wildman–Crippen LogP) is 4.29. The van der Waals surface area contributed by atoms with E-state index in [4.69, 9.17) is 16.3 Å². The summed E-state index contributed by atoms with van der Waals surface area (Å²) in [6.45, 7) is 0. The lowest BCUT2D eigenvalue weighted by Crippen LogP contribution is -2.40. The Morgan fingerprint density at radius 2 is 1.74 bits per heavy atom. The highest BCUT2D eigenvalue weighted by molar-refractivity contribution is 6.32. The number of allylic oxidation sites excluding steroid dienone is 2. The van der Waals surface area contributed by atoms with Crippen molar-refractivity contribution in [1.82, 2.24) is 4.98 Å². The Bertz CT molecular complexity index is 1250. The average molecular weight is 475 g/mol. The third kappa shape index (κ3) is 2.75. The number of carbonyl (C=O) groups excluding carboxylic acids is 3. The van der Waals surface area contributed by atoms with Gasteiger partial charge in [-0.2, -0.15) is 0 Å². The van der Waals surface area contributed by atoms with Gasteiger partial charge in [-0.05, 0) is 72.3 Å². The van der Waals surface area contributed by atoms with E-state index in [0.717, 1.165) is 18.4 Å². The van der Waals surface area contributed by atoms with Gasteiger partial charge in [-0.25, -0.2) is 9.88 Å². The fraction of sp³-hybridized carbons (Fsp3) is 0.407. The zero-order valence-corrected chi connectivity index (χ0v) is 19.3. The molecule has 6 nitrogen and oxygen atoms in total. The predicted molar refractivity (Wildman–Crippen MR) is 125 cm³/mol. The first-order valence-electron chi connectivity index (χ1n) is 11.9. The summed E-state index contributed by atoms with van der Waals surface area (Å²) >= 11 is 6.18. The van der Waals surface area contributed by atoms with Crippen LogP contribution >= 0.6 is 11.6 Å². The number of rotatable bonds is 5. The summed E-state index contributed by atoms with van der Waals surface area (Å²) in [7, 11) is 1.54. The normalized spacial score (nSPS) is 36.4. The van der Waals surface area contributed by atoms with E-state index in [9.17, 15) is 14.4 Å². The molecule has 7 heteroatoms. The average Bonchev–Trinajstić information content (AvgIpc) is 3.77. The van der Waals surface area contributed by atoms with Crippen molar-refractivity contribution in [1.29, 1.82) is 0 Å². The van der Waals surface area contributed by atoms with Crippen LogP contribution in [-0.4, -0.2) is 29.7 Å². The first kappa shape index (κ1) is 20.4. The summed E-state index contributed by atoms with van der Waals surface area (Å²) in [4.78, 5) is 45.3. The van der Waals surface area contributed by atoms with E-state index in [2.05, 4.69) is 17.1 Å². The minimum Gasteiger partial charge on any atom is -0.495 e. The Labute approximate surface area is 201 Å². The molecular weight excluding hydrogens is 452 g/mol. The van der Waals surface area contributed by atoms with E-state index in [-0.39, 0.29) is 53.1 Å². The summed E-state index contributed by atoms with van der Waals surface area (Å²) < 4.78 is 5.16. The van der Waals surface area contributed by atoms with Gasteiger partial charge in [-0.3, -0.25) is 14.4 Å². The molecule has 8 atom stereocenters. The number of pyridine rings is 1. The minimum atomic E-state index is -0.227. The molecule has 1 aromatic carbocycles. The largest absolute Gasteiger partial charge is 0.495 e. The van der Waals surface area contributed by atoms with Gasteiger partial charge in [0.2, 0.25) is 11.8 Å². The second-order valence-electron chi connectivity index (χ2n) is 10.3. The summed E-state index contributed by atoms with van der Waals surface area (Å²) in [5.74, 6) is 1.84. The first-order chi connectivity index (χ1) is 16.5. The van der Waals surface area contributed by atoms with Gasteiger partial charge in [-0.1, -0.05) is 29.8 Å². The maximum atomic E-state index is 13.3. The van der Waals surface area contributed by atoms with Crippen LogP contribution in [0.2, 0.25) is 5.02 Å². The lowest BCUT2D eigenvalue weighted by atomic mass is 9.63. The molecule has 1 saturated heterocycles. The Balaban J connectivity index is 1.08. The van der Waals surface area contributed by atoms with Gasteiger partial charge in [0.15, 0.2) is 5.78 Å². The van der Waals surface area contributed by atoms with E-state index in [1.54, 1.807) is 30.5 Å². The van der Waals surface area contributed by atoms with Crippen LogP contribution in [0.5, 0.6) is 5.75 Å². The van der Waals surface area contributed by atoms with Crippen molar-refractivity contribution < 1.29 is 19.1 Å². The lowest BCUT2D eigenvalue weighted by molar-refractivity contribution is -0.124. The van der Waals surface area contributed by atoms with Crippen molar-refractivity contribution in [2.45, 2.75) is 18.8 Å². The molecular formula is C27H23ClN2O4. The number of benzene rings is 1. The number of halogens is 1. The number of hydrogen-bond donors (Lipinski definition) is 0. The zero-order valence-electron chi connectivity index (χ0n) is 18.6. The quantitative estimate of drug-likeness (QED) is 0.367. The second-order valence-corrected chi connectivity index (χ2v) is 10.7. The Morgan fingerprint density at radius 3 is 2.32 bits per heavy atom. The lowest BCUT2D eigenvalue weighted by Gasteiger charge is -2.37. The Hall–Kier alpha value is -2.99. The van der Waals surface area contributed by atoms with Crippen molar-refractivity contribution in [2.24, 2.45) is 41.4 Å². The molecule has 8 unspecified atom stereocenters. The highest BCUT2D eigenvalue weighted by atomic mass is 35.5. The molecule has 0 spiro atoms. The molecule has 4 fully saturated rings.